The average Bonchev–Trinajstić information content (AvgIpc) is 2.83. The molecule has 1 aromatic heterocycles. The molecule has 0 spiro atoms. The van der Waals surface area contributed by atoms with Crippen molar-refractivity contribution in [1.82, 2.24) is 24.8 Å². The number of nitrogens with zero attached hydrogens (tertiary/aromatic N) is 6. The van der Waals surface area contributed by atoms with Gasteiger partial charge >= 0.3 is 0 Å². The van der Waals surface area contributed by atoms with E-state index in [1.165, 1.54) is 51.4 Å². The van der Waals surface area contributed by atoms with Crippen LogP contribution < -0.4 is 10.2 Å². The summed E-state index contributed by atoms with van der Waals surface area (Å²) in [4.78, 5) is 22.0. The van der Waals surface area contributed by atoms with Crippen molar-refractivity contribution in [2.45, 2.75) is 168 Å². The molecule has 7 heteroatoms. The molecule has 0 unspecified atom stereocenters. The lowest BCUT2D eigenvalue weighted by molar-refractivity contribution is -0.0321. The van der Waals surface area contributed by atoms with E-state index in [2.05, 4.69) is 96.4 Å². The van der Waals surface area contributed by atoms with Crippen LogP contribution in [0.3, 0.4) is 0 Å². The van der Waals surface area contributed by atoms with Crippen molar-refractivity contribution >= 4 is 11.9 Å². The number of piperidine rings is 2. The predicted molar refractivity (Wildman–Crippen MR) is 176 cm³/mol. The Bertz CT molecular complexity index is 934. The number of rotatable bonds is 13. The Morgan fingerprint density at radius 1 is 0.707 bits per heavy atom. The van der Waals surface area contributed by atoms with Crippen LogP contribution in [0, 0.1) is 12.8 Å². The first-order valence-electron chi connectivity index (χ1n) is 16.7. The maximum absolute atomic E-state index is 4.98. The summed E-state index contributed by atoms with van der Waals surface area (Å²) in [7, 11) is 4.56. The van der Waals surface area contributed by atoms with Gasteiger partial charge in [0.05, 0.1) is 0 Å². The van der Waals surface area contributed by atoms with Gasteiger partial charge in [-0.3, -0.25) is 9.80 Å². The highest BCUT2D eigenvalue weighted by Crippen LogP contribution is 2.42. The third-order valence-electron chi connectivity index (χ3n) is 10.6. The molecule has 0 atom stereocenters. The molecule has 0 radical (unpaired) electrons. The molecule has 0 bridgehead atoms. The van der Waals surface area contributed by atoms with Crippen molar-refractivity contribution in [2.75, 3.05) is 37.4 Å². The zero-order valence-corrected chi connectivity index (χ0v) is 29.0. The summed E-state index contributed by atoms with van der Waals surface area (Å²) in [6, 6.07) is 0.343. The van der Waals surface area contributed by atoms with Gasteiger partial charge in [-0.05, 0) is 121 Å². The van der Waals surface area contributed by atoms with E-state index < -0.39 is 0 Å². The molecule has 236 valence electrons. The maximum atomic E-state index is 4.98. The maximum Gasteiger partial charge on any atom is 0.230 e. The lowest BCUT2D eigenvalue weighted by Crippen LogP contribution is -2.61. The van der Waals surface area contributed by atoms with Gasteiger partial charge < -0.3 is 10.2 Å². The molecule has 41 heavy (non-hydrogen) atoms. The highest BCUT2D eigenvalue weighted by atomic mass is 15.3. The second kappa shape index (κ2) is 13.4. The Labute approximate surface area is 253 Å². The van der Waals surface area contributed by atoms with Gasteiger partial charge in [-0.25, -0.2) is 0 Å². The number of anilines is 2. The van der Waals surface area contributed by atoms with Crippen LogP contribution in [0.2, 0.25) is 0 Å². The first-order valence-corrected chi connectivity index (χ1v) is 16.7. The zero-order chi connectivity index (χ0) is 30.6. The number of hydrogen-bond donors (Lipinski definition) is 1. The fourth-order valence-corrected chi connectivity index (χ4v) is 7.86. The van der Waals surface area contributed by atoms with Gasteiger partial charge in [-0.15, -0.1) is 0 Å². The normalized spacial score (nSPS) is 23.0. The molecule has 3 rings (SSSR count). The molecule has 3 heterocycles. The van der Waals surface area contributed by atoms with Crippen molar-refractivity contribution in [3.8, 4) is 0 Å². The number of aromatic nitrogens is 3. The van der Waals surface area contributed by atoms with Gasteiger partial charge in [0.1, 0.15) is 5.82 Å². The van der Waals surface area contributed by atoms with E-state index in [4.69, 9.17) is 15.0 Å². The molecule has 2 aliphatic rings. The van der Waals surface area contributed by atoms with Gasteiger partial charge in [0, 0.05) is 41.3 Å². The molecule has 0 amide bonds. The lowest BCUT2D eigenvalue weighted by atomic mass is 9.72. The van der Waals surface area contributed by atoms with Gasteiger partial charge in [0.2, 0.25) is 11.9 Å². The van der Waals surface area contributed by atoms with Gasteiger partial charge in [-0.1, -0.05) is 39.0 Å². The largest absolute Gasteiger partial charge is 0.351 e. The van der Waals surface area contributed by atoms with Gasteiger partial charge in [-0.2, -0.15) is 15.0 Å². The van der Waals surface area contributed by atoms with Crippen LogP contribution in [0.1, 0.15) is 139 Å². The summed E-state index contributed by atoms with van der Waals surface area (Å²) in [6.07, 6.45) is 13.6. The topological polar surface area (TPSA) is 60.4 Å². The van der Waals surface area contributed by atoms with Crippen molar-refractivity contribution < 1.29 is 0 Å². The molecule has 0 saturated carbocycles. The number of aryl methyl sites for hydroxylation is 1. The second-order valence-corrected chi connectivity index (χ2v) is 15.9. The van der Waals surface area contributed by atoms with E-state index in [1.807, 2.05) is 6.92 Å². The van der Waals surface area contributed by atoms with E-state index in [9.17, 15) is 0 Å². The molecule has 0 aliphatic carbocycles. The molecular weight excluding hydrogens is 506 g/mol. The van der Waals surface area contributed by atoms with Gasteiger partial charge in [0.25, 0.3) is 0 Å². The molecular formula is C34H65N7. The van der Waals surface area contributed by atoms with E-state index >= 15 is 0 Å². The first-order chi connectivity index (χ1) is 19.0. The quantitative estimate of drug-likeness (QED) is 0.243. The highest BCUT2D eigenvalue weighted by molar-refractivity contribution is 5.38. The number of hydrogen-bond acceptors (Lipinski definition) is 7. The monoisotopic (exact) mass is 572 g/mol. The summed E-state index contributed by atoms with van der Waals surface area (Å²) in [5, 5.41) is 3.72. The predicted octanol–water partition coefficient (Wildman–Crippen LogP) is 7.70. The Morgan fingerprint density at radius 2 is 1.22 bits per heavy atom. The van der Waals surface area contributed by atoms with Crippen LogP contribution in [-0.2, 0) is 0 Å². The summed E-state index contributed by atoms with van der Waals surface area (Å²) < 4.78 is 0. The van der Waals surface area contributed by atoms with Crippen molar-refractivity contribution in [3.05, 3.63) is 5.82 Å². The minimum atomic E-state index is 0.122. The highest BCUT2D eigenvalue weighted by Gasteiger charge is 2.44. The van der Waals surface area contributed by atoms with Crippen molar-refractivity contribution in [3.63, 3.8) is 0 Å². The Hall–Kier alpha value is -1.47. The van der Waals surface area contributed by atoms with Gasteiger partial charge in [0.15, 0.2) is 0 Å². The van der Waals surface area contributed by atoms with Crippen LogP contribution in [0.15, 0.2) is 0 Å². The molecule has 0 aromatic carbocycles. The minimum Gasteiger partial charge on any atom is -0.351 e. The summed E-state index contributed by atoms with van der Waals surface area (Å²) >= 11 is 0. The third-order valence-corrected chi connectivity index (χ3v) is 10.6. The van der Waals surface area contributed by atoms with E-state index in [-0.39, 0.29) is 11.1 Å². The summed E-state index contributed by atoms with van der Waals surface area (Å²) in [6.45, 7) is 25.3. The van der Waals surface area contributed by atoms with Crippen LogP contribution in [0.4, 0.5) is 11.9 Å². The van der Waals surface area contributed by atoms with Crippen LogP contribution in [0.5, 0.6) is 0 Å². The van der Waals surface area contributed by atoms with Crippen LogP contribution >= 0.6 is 0 Å². The van der Waals surface area contributed by atoms with Crippen molar-refractivity contribution in [2.24, 2.45) is 5.92 Å². The Morgan fingerprint density at radius 3 is 1.78 bits per heavy atom. The molecule has 7 nitrogen and oxygen atoms in total. The summed E-state index contributed by atoms with van der Waals surface area (Å²) in [5.74, 6) is 3.22. The lowest BCUT2D eigenvalue weighted by Gasteiger charge is -2.54. The molecule has 1 N–H and O–H groups in total. The second-order valence-electron chi connectivity index (χ2n) is 15.9. The SMILES string of the molecule is CCCCN(CCCCCCC1CC(C)(C)N(C)C(C)(C)C1)c1nc(C)nc(NC2CC(C)(C)N(C)C(C)(C)C2)n1. The van der Waals surface area contributed by atoms with E-state index in [0.717, 1.165) is 56.0 Å². The zero-order valence-electron chi connectivity index (χ0n) is 29.0. The van der Waals surface area contributed by atoms with Crippen LogP contribution in [0.25, 0.3) is 0 Å². The fraction of sp³-hybridized carbons (Fsp3) is 0.912. The number of nitrogens with one attached hydrogen (secondary N) is 1. The Kier molecular flexibility index (Phi) is 11.2. The Balaban J connectivity index is 1.55. The van der Waals surface area contributed by atoms with E-state index in [1.54, 1.807) is 0 Å². The molecule has 2 saturated heterocycles. The van der Waals surface area contributed by atoms with Crippen molar-refractivity contribution in [1.29, 1.82) is 0 Å². The standard InChI is InChI=1S/C34H65N7/c1-13-14-20-41(21-18-16-15-17-19-27-22-31(3,4)39(11)32(5,6)23-27)30-36-26(2)35-29(38-30)37-28-24-33(7,8)40(12)34(9,10)25-28/h27-28H,13-25H2,1-12H3,(H,35,36,37,38). The fourth-order valence-electron chi connectivity index (χ4n) is 7.86. The third kappa shape index (κ3) is 9.01. The number of likely N-dealkylation sites (tertiary alicyclic amines) is 2. The first kappa shape index (κ1) is 34.0. The summed E-state index contributed by atoms with van der Waals surface area (Å²) in [5.41, 5.74) is 0.832. The molecule has 1 aromatic rings. The van der Waals surface area contributed by atoms with Crippen LogP contribution in [-0.4, -0.2) is 80.1 Å². The number of unbranched alkanes of at least 4 members (excludes halogenated alkanes) is 4. The molecule has 2 fully saturated rings. The minimum absolute atomic E-state index is 0.122. The molecule has 2 aliphatic heterocycles. The van der Waals surface area contributed by atoms with E-state index in [0.29, 0.717) is 17.1 Å². The average molecular weight is 572 g/mol. The smallest absolute Gasteiger partial charge is 0.230 e.